The molecule has 0 bridgehead atoms. The van der Waals surface area contributed by atoms with E-state index in [1.807, 2.05) is 40.1 Å². The minimum absolute atomic E-state index is 0.0653. The van der Waals surface area contributed by atoms with Crippen molar-refractivity contribution in [2.45, 2.75) is 12.5 Å². The normalized spacial score (nSPS) is 21.8. The Morgan fingerprint density at radius 1 is 1.00 bits per heavy atom. The Bertz CT molecular complexity index is 748. The number of nitrogens with zero attached hydrogens (tertiary/aromatic N) is 5. The number of halogens is 1. The second-order valence-corrected chi connectivity index (χ2v) is 6.35. The molecule has 0 spiro atoms. The van der Waals surface area contributed by atoms with Crippen molar-refractivity contribution in [3.63, 3.8) is 0 Å². The summed E-state index contributed by atoms with van der Waals surface area (Å²) in [6.07, 6.45) is 2.09. The summed E-state index contributed by atoms with van der Waals surface area (Å²) in [4.78, 5) is 26.6. The summed E-state index contributed by atoms with van der Waals surface area (Å²) < 4.78 is 13.3. The van der Waals surface area contributed by atoms with Crippen LogP contribution in [0.25, 0.3) is 0 Å². The summed E-state index contributed by atoms with van der Waals surface area (Å²) in [7, 11) is 0. The fraction of sp³-hybridized carbons (Fsp3) is 0.389. The number of rotatable bonds is 3. The van der Waals surface area contributed by atoms with Crippen LogP contribution in [0.15, 0.2) is 42.7 Å². The first-order valence-corrected chi connectivity index (χ1v) is 8.55. The van der Waals surface area contributed by atoms with E-state index >= 15 is 0 Å². The fourth-order valence-corrected chi connectivity index (χ4v) is 3.63. The maximum Gasteiger partial charge on any atom is 0.244 e. The second kappa shape index (κ2) is 6.76. The molecule has 1 amide bonds. The molecule has 6 nitrogen and oxygen atoms in total. The lowest BCUT2D eigenvalue weighted by Gasteiger charge is -2.37. The molecule has 130 valence electrons. The SMILES string of the molecule is O=C1C(N2CCN(c3cc(F)ncn3)CC2)CCN1c1ccccc1. The van der Waals surface area contributed by atoms with Gasteiger partial charge in [0.2, 0.25) is 11.9 Å². The van der Waals surface area contributed by atoms with Crippen LogP contribution in [0.4, 0.5) is 15.9 Å². The van der Waals surface area contributed by atoms with Gasteiger partial charge in [0.1, 0.15) is 12.1 Å². The summed E-state index contributed by atoms with van der Waals surface area (Å²) in [5, 5.41) is 0. The van der Waals surface area contributed by atoms with Crippen LogP contribution in [0.5, 0.6) is 0 Å². The highest BCUT2D eigenvalue weighted by Crippen LogP contribution is 2.25. The number of hydrogen-bond donors (Lipinski definition) is 0. The van der Waals surface area contributed by atoms with E-state index < -0.39 is 5.95 Å². The largest absolute Gasteiger partial charge is 0.354 e. The van der Waals surface area contributed by atoms with Gasteiger partial charge < -0.3 is 9.80 Å². The van der Waals surface area contributed by atoms with Crippen LogP contribution in [0, 0.1) is 5.95 Å². The van der Waals surface area contributed by atoms with Crippen LogP contribution < -0.4 is 9.80 Å². The molecule has 2 aliphatic heterocycles. The Labute approximate surface area is 145 Å². The van der Waals surface area contributed by atoms with Gasteiger partial charge in [0.05, 0.1) is 6.04 Å². The summed E-state index contributed by atoms with van der Waals surface area (Å²) in [6.45, 7) is 3.75. The highest BCUT2D eigenvalue weighted by Gasteiger charge is 2.37. The number of carbonyl (C=O) groups is 1. The van der Waals surface area contributed by atoms with Crippen molar-refractivity contribution in [2.75, 3.05) is 42.5 Å². The first kappa shape index (κ1) is 16.0. The van der Waals surface area contributed by atoms with E-state index in [1.165, 1.54) is 12.4 Å². The Morgan fingerprint density at radius 3 is 2.48 bits per heavy atom. The monoisotopic (exact) mass is 341 g/mol. The van der Waals surface area contributed by atoms with Gasteiger partial charge in [-0.1, -0.05) is 18.2 Å². The van der Waals surface area contributed by atoms with Crippen LogP contribution in [0.2, 0.25) is 0 Å². The zero-order valence-electron chi connectivity index (χ0n) is 13.9. The molecule has 0 saturated carbocycles. The molecule has 0 N–H and O–H groups in total. The predicted molar refractivity (Wildman–Crippen MR) is 93.0 cm³/mol. The van der Waals surface area contributed by atoms with Gasteiger partial charge in [0, 0.05) is 44.5 Å². The standard InChI is InChI=1S/C18H20FN5O/c19-16-12-17(21-13-20-16)23-10-8-22(9-11-23)15-6-7-24(18(15)25)14-4-2-1-3-5-14/h1-5,12-13,15H,6-11H2. The summed E-state index contributed by atoms with van der Waals surface area (Å²) in [5.41, 5.74) is 0.963. The topological polar surface area (TPSA) is 52.6 Å². The van der Waals surface area contributed by atoms with Crippen molar-refractivity contribution >= 4 is 17.4 Å². The Kier molecular flexibility index (Phi) is 4.31. The summed E-state index contributed by atoms with van der Waals surface area (Å²) in [5.74, 6) is 0.264. The van der Waals surface area contributed by atoms with E-state index in [0.29, 0.717) is 5.82 Å². The zero-order chi connectivity index (χ0) is 17.2. The summed E-state index contributed by atoms with van der Waals surface area (Å²) >= 11 is 0. The van der Waals surface area contributed by atoms with Gasteiger partial charge in [-0.25, -0.2) is 9.97 Å². The van der Waals surface area contributed by atoms with Gasteiger partial charge in [-0.05, 0) is 18.6 Å². The molecule has 3 heterocycles. The molecule has 4 rings (SSSR count). The van der Waals surface area contributed by atoms with Crippen molar-refractivity contribution in [3.05, 3.63) is 48.7 Å². The van der Waals surface area contributed by atoms with Gasteiger partial charge in [0.25, 0.3) is 0 Å². The van der Waals surface area contributed by atoms with Gasteiger partial charge in [0.15, 0.2) is 0 Å². The third-order valence-electron chi connectivity index (χ3n) is 4.94. The van der Waals surface area contributed by atoms with E-state index in [4.69, 9.17) is 0 Å². The van der Waals surface area contributed by atoms with Crippen molar-refractivity contribution < 1.29 is 9.18 Å². The maximum absolute atomic E-state index is 13.3. The Balaban J connectivity index is 1.39. The molecule has 1 atom stereocenters. The lowest BCUT2D eigenvalue weighted by atomic mass is 10.2. The van der Waals surface area contributed by atoms with Gasteiger partial charge >= 0.3 is 0 Å². The minimum Gasteiger partial charge on any atom is -0.354 e. The molecule has 0 aliphatic carbocycles. The molecular formula is C18H20FN5O. The van der Waals surface area contributed by atoms with Crippen molar-refractivity contribution in [3.8, 4) is 0 Å². The molecule has 2 aliphatic rings. The fourth-order valence-electron chi connectivity index (χ4n) is 3.63. The van der Waals surface area contributed by atoms with Crippen LogP contribution >= 0.6 is 0 Å². The van der Waals surface area contributed by atoms with E-state index in [1.54, 1.807) is 0 Å². The zero-order valence-corrected chi connectivity index (χ0v) is 13.9. The average Bonchev–Trinajstić information content (AvgIpc) is 3.04. The molecule has 1 unspecified atom stereocenters. The van der Waals surface area contributed by atoms with E-state index in [9.17, 15) is 9.18 Å². The Morgan fingerprint density at radius 2 is 1.76 bits per heavy atom. The van der Waals surface area contributed by atoms with Gasteiger partial charge in [-0.15, -0.1) is 0 Å². The third kappa shape index (κ3) is 3.19. The molecule has 1 aromatic carbocycles. The number of aromatic nitrogens is 2. The van der Waals surface area contributed by atoms with E-state index in [2.05, 4.69) is 14.9 Å². The molecular weight excluding hydrogens is 321 g/mol. The van der Waals surface area contributed by atoms with Gasteiger partial charge in [-0.2, -0.15) is 4.39 Å². The first-order valence-electron chi connectivity index (χ1n) is 8.55. The third-order valence-corrected chi connectivity index (χ3v) is 4.94. The lowest BCUT2D eigenvalue weighted by Crippen LogP contribution is -2.52. The lowest BCUT2D eigenvalue weighted by molar-refractivity contribution is -0.121. The van der Waals surface area contributed by atoms with Crippen molar-refractivity contribution in [1.29, 1.82) is 0 Å². The van der Waals surface area contributed by atoms with Crippen LogP contribution in [0.3, 0.4) is 0 Å². The molecule has 25 heavy (non-hydrogen) atoms. The van der Waals surface area contributed by atoms with Crippen molar-refractivity contribution in [2.24, 2.45) is 0 Å². The number of amides is 1. The van der Waals surface area contributed by atoms with E-state index in [0.717, 1.165) is 44.8 Å². The molecule has 2 aromatic rings. The predicted octanol–water partition coefficient (Wildman–Crippen LogP) is 1.54. The molecule has 1 aromatic heterocycles. The average molecular weight is 341 g/mol. The van der Waals surface area contributed by atoms with Crippen LogP contribution in [-0.4, -0.2) is 59.5 Å². The Hall–Kier alpha value is -2.54. The number of piperazine rings is 1. The number of para-hydroxylation sites is 1. The molecule has 2 fully saturated rings. The second-order valence-electron chi connectivity index (χ2n) is 6.35. The van der Waals surface area contributed by atoms with Crippen LogP contribution in [0.1, 0.15) is 6.42 Å². The molecule has 0 radical (unpaired) electrons. The number of carbonyl (C=O) groups excluding carboxylic acids is 1. The number of hydrogen-bond acceptors (Lipinski definition) is 5. The number of benzene rings is 1. The van der Waals surface area contributed by atoms with Crippen molar-refractivity contribution in [1.82, 2.24) is 14.9 Å². The van der Waals surface area contributed by atoms with Gasteiger partial charge in [-0.3, -0.25) is 9.69 Å². The quantitative estimate of drug-likeness (QED) is 0.793. The first-order chi connectivity index (χ1) is 12.2. The summed E-state index contributed by atoms with van der Waals surface area (Å²) in [6, 6.07) is 11.1. The smallest absolute Gasteiger partial charge is 0.244 e. The van der Waals surface area contributed by atoms with E-state index in [-0.39, 0.29) is 11.9 Å². The highest BCUT2D eigenvalue weighted by atomic mass is 19.1. The highest BCUT2D eigenvalue weighted by molar-refractivity contribution is 5.99. The van der Waals surface area contributed by atoms with Crippen LogP contribution in [-0.2, 0) is 4.79 Å². The maximum atomic E-state index is 13.3. The number of anilines is 2. The minimum atomic E-state index is -0.517. The molecule has 7 heteroatoms. The molecule has 2 saturated heterocycles.